The Balaban J connectivity index is 0.00000205. The minimum atomic E-state index is -0.521. The lowest BCUT2D eigenvalue weighted by Gasteiger charge is -2.17. The number of hydrogen-bond acceptors (Lipinski definition) is 8. The van der Waals surface area contributed by atoms with E-state index in [4.69, 9.17) is 19.2 Å². The predicted molar refractivity (Wildman–Crippen MR) is 108 cm³/mol. The Bertz CT molecular complexity index is 1130. The van der Waals surface area contributed by atoms with Gasteiger partial charge < -0.3 is 19.2 Å². The molecule has 0 spiro atoms. The normalized spacial score (nSPS) is 15.9. The molecule has 2 N–H and O–H groups in total. The molecular weight excluding hydrogens is 394 g/mol. The van der Waals surface area contributed by atoms with E-state index in [1.807, 2.05) is 32.0 Å². The van der Waals surface area contributed by atoms with E-state index in [1.54, 1.807) is 6.26 Å². The van der Waals surface area contributed by atoms with Crippen molar-refractivity contribution in [3.8, 4) is 22.9 Å². The van der Waals surface area contributed by atoms with Gasteiger partial charge in [0.2, 0.25) is 0 Å². The highest BCUT2D eigenvalue weighted by Crippen LogP contribution is 2.38. The molecule has 1 saturated carbocycles. The molecule has 152 valence electrons. The maximum Gasteiger partial charge on any atom is 0.259 e. The molecule has 1 aliphatic carbocycles. The van der Waals surface area contributed by atoms with Gasteiger partial charge in [0.15, 0.2) is 11.6 Å². The molecule has 0 amide bonds. The molecule has 29 heavy (non-hydrogen) atoms. The second-order valence-corrected chi connectivity index (χ2v) is 7.72. The van der Waals surface area contributed by atoms with Crippen LogP contribution in [-0.2, 0) is 5.54 Å². The molecule has 4 aromatic rings. The van der Waals surface area contributed by atoms with Gasteiger partial charge in [-0.15, -0.1) is 12.4 Å². The number of halogens is 1. The summed E-state index contributed by atoms with van der Waals surface area (Å²) in [6.45, 7) is 4.10. The van der Waals surface area contributed by atoms with E-state index in [2.05, 4.69) is 20.3 Å². The Morgan fingerprint density at radius 1 is 1.10 bits per heavy atom. The van der Waals surface area contributed by atoms with Crippen molar-refractivity contribution in [1.29, 1.82) is 0 Å². The van der Waals surface area contributed by atoms with Crippen molar-refractivity contribution in [2.45, 2.75) is 51.0 Å². The Morgan fingerprint density at radius 3 is 2.59 bits per heavy atom. The van der Waals surface area contributed by atoms with E-state index in [0.717, 1.165) is 42.3 Å². The molecule has 8 nitrogen and oxygen atoms in total. The summed E-state index contributed by atoms with van der Waals surface area (Å²) >= 11 is 0. The van der Waals surface area contributed by atoms with Gasteiger partial charge in [-0.2, -0.15) is 4.98 Å². The van der Waals surface area contributed by atoms with Crippen LogP contribution in [0.1, 0.15) is 57.0 Å². The van der Waals surface area contributed by atoms with Crippen molar-refractivity contribution in [3.05, 3.63) is 36.0 Å². The Kier molecular flexibility index (Phi) is 4.92. The fourth-order valence-corrected chi connectivity index (χ4v) is 3.85. The first-order valence-electron chi connectivity index (χ1n) is 9.53. The topological polar surface area (TPSA) is 117 Å². The van der Waals surface area contributed by atoms with Crippen LogP contribution in [0, 0.1) is 0 Å². The summed E-state index contributed by atoms with van der Waals surface area (Å²) < 4.78 is 16.7. The molecule has 4 heterocycles. The maximum atomic E-state index is 6.51. The van der Waals surface area contributed by atoms with E-state index in [9.17, 15) is 0 Å². The average Bonchev–Trinajstić information content (AvgIpc) is 3.46. The summed E-state index contributed by atoms with van der Waals surface area (Å²) in [7, 11) is 0. The lowest BCUT2D eigenvalue weighted by molar-refractivity contribution is 0.373. The third-order valence-electron chi connectivity index (χ3n) is 5.39. The summed E-state index contributed by atoms with van der Waals surface area (Å²) in [5.41, 5.74) is 8.53. The monoisotopic (exact) mass is 415 g/mol. The number of nitrogens with two attached hydrogens (primary N) is 1. The third-order valence-corrected chi connectivity index (χ3v) is 5.39. The maximum absolute atomic E-state index is 6.51. The predicted octanol–water partition coefficient (Wildman–Crippen LogP) is 4.81. The smallest absolute Gasteiger partial charge is 0.259 e. The van der Waals surface area contributed by atoms with Gasteiger partial charge in [0, 0.05) is 0 Å². The van der Waals surface area contributed by atoms with E-state index >= 15 is 0 Å². The molecule has 0 unspecified atom stereocenters. The van der Waals surface area contributed by atoms with E-state index in [0.29, 0.717) is 28.9 Å². The number of rotatable bonds is 4. The molecule has 0 bridgehead atoms. The lowest BCUT2D eigenvalue weighted by Crippen LogP contribution is -2.34. The highest BCUT2D eigenvalue weighted by atomic mass is 35.5. The highest BCUT2D eigenvalue weighted by molar-refractivity contribution is 5.93. The zero-order valence-corrected chi connectivity index (χ0v) is 17.0. The average molecular weight is 416 g/mol. The van der Waals surface area contributed by atoms with Gasteiger partial charge in [-0.05, 0) is 37.0 Å². The molecule has 0 aromatic carbocycles. The Hall–Kier alpha value is -2.71. The van der Waals surface area contributed by atoms with Crippen molar-refractivity contribution in [3.63, 3.8) is 0 Å². The molecule has 4 aromatic heterocycles. The van der Waals surface area contributed by atoms with Crippen LogP contribution in [0.3, 0.4) is 0 Å². The number of hydrogen-bond donors (Lipinski definition) is 1. The third kappa shape index (κ3) is 3.22. The molecule has 5 rings (SSSR count). The molecule has 1 fully saturated rings. The van der Waals surface area contributed by atoms with Gasteiger partial charge in [-0.25, -0.2) is 4.98 Å². The summed E-state index contributed by atoms with van der Waals surface area (Å²) in [5.74, 6) is 1.70. The van der Waals surface area contributed by atoms with Gasteiger partial charge in [0.25, 0.3) is 11.6 Å². The first kappa shape index (κ1) is 19.6. The van der Waals surface area contributed by atoms with Crippen LogP contribution in [-0.4, -0.2) is 20.3 Å². The van der Waals surface area contributed by atoms with E-state index < -0.39 is 5.54 Å². The number of nitrogens with zero attached hydrogens (tertiary/aromatic N) is 4. The van der Waals surface area contributed by atoms with Crippen LogP contribution in [0.15, 0.2) is 37.9 Å². The molecular formula is C20H22ClN5O3. The second kappa shape index (κ2) is 7.27. The van der Waals surface area contributed by atoms with Gasteiger partial charge in [-0.3, -0.25) is 0 Å². The van der Waals surface area contributed by atoms with E-state index in [1.165, 1.54) is 0 Å². The van der Waals surface area contributed by atoms with Crippen molar-refractivity contribution in [2.24, 2.45) is 5.73 Å². The summed E-state index contributed by atoms with van der Waals surface area (Å²) in [6, 6.07) is 5.52. The van der Waals surface area contributed by atoms with Crippen molar-refractivity contribution in [1.82, 2.24) is 20.3 Å². The number of furan rings is 1. The minimum absolute atomic E-state index is 0. The van der Waals surface area contributed by atoms with Gasteiger partial charge in [0.1, 0.15) is 5.69 Å². The van der Waals surface area contributed by atoms with Crippen LogP contribution in [0.5, 0.6) is 0 Å². The van der Waals surface area contributed by atoms with Gasteiger partial charge in [0.05, 0.1) is 28.4 Å². The van der Waals surface area contributed by atoms with Gasteiger partial charge in [-0.1, -0.05) is 37.0 Å². The molecule has 0 radical (unpaired) electrons. The summed E-state index contributed by atoms with van der Waals surface area (Å²) in [5, 5.41) is 9.19. The Morgan fingerprint density at radius 2 is 1.90 bits per heavy atom. The van der Waals surface area contributed by atoms with Crippen LogP contribution in [0.4, 0.5) is 0 Å². The van der Waals surface area contributed by atoms with Crippen LogP contribution < -0.4 is 5.73 Å². The zero-order valence-electron chi connectivity index (χ0n) is 16.2. The van der Waals surface area contributed by atoms with Crippen molar-refractivity contribution < 1.29 is 13.5 Å². The first-order valence-corrected chi connectivity index (χ1v) is 9.53. The number of fused-ring (bicyclic) bond motifs is 1. The fourth-order valence-electron chi connectivity index (χ4n) is 3.85. The second-order valence-electron chi connectivity index (χ2n) is 7.72. The first-order chi connectivity index (χ1) is 13.5. The fraction of sp³-hybridized carbons (Fsp3) is 0.400. The zero-order chi connectivity index (χ0) is 19.3. The summed E-state index contributed by atoms with van der Waals surface area (Å²) in [6.07, 6.45) is 5.47. The summed E-state index contributed by atoms with van der Waals surface area (Å²) in [4.78, 5) is 9.22. The molecule has 9 heteroatoms. The molecule has 0 aliphatic heterocycles. The Labute approximate surface area is 173 Å². The molecule has 0 saturated heterocycles. The number of pyridine rings is 1. The van der Waals surface area contributed by atoms with Crippen molar-refractivity contribution >= 4 is 23.5 Å². The molecule has 0 atom stereocenters. The standard InChI is InChI=1S/C20H21N5O3.ClH/c1-11(2)16-15-12(17-23-19(25-27-17)20(21)7-3-4-8-20)10-13(14-6-5-9-26-14)22-18(15)28-24-16;/h5-6,9-11H,3-4,7-8,21H2,1-2H3;1H. The SMILES string of the molecule is CC(C)c1noc2nc(-c3ccco3)cc(-c3nc(C4(N)CCCC4)no3)c12.Cl. The lowest BCUT2D eigenvalue weighted by atomic mass is 9.98. The molecule has 1 aliphatic rings. The van der Waals surface area contributed by atoms with Crippen LogP contribution in [0.25, 0.3) is 34.0 Å². The minimum Gasteiger partial charge on any atom is -0.463 e. The van der Waals surface area contributed by atoms with Crippen LogP contribution >= 0.6 is 12.4 Å². The van der Waals surface area contributed by atoms with Gasteiger partial charge >= 0.3 is 0 Å². The number of aromatic nitrogens is 4. The van der Waals surface area contributed by atoms with Crippen molar-refractivity contribution in [2.75, 3.05) is 0 Å². The van der Waals surface area contributed by atoms with Crippen LogP contribution in [0.2, 0.25) is 0 Å². The largest absolute Gasteiger partial charge is 0.463 e. The quantitative estimate of drug-likeness (QED) is 0.504. The highest BCUT2D eigenvalue weighted by Gasteiger charge is 2.36. The van der Waals surface area contributed by atoms with E-state index in [-0.39, 0.29) is 18.3 Å².